The van der Waals surface area contributed by atoms with Crippen LogP contribution in [-0.4, -0.2) is 21.3 Å². The fourth-order valence-electron chi connectivity index (χ4n) is 4.55. The zero-order valence-corrected chi connectivity index (χ0v) is 15.0. The molecule has 1 heterocycles. The molecule has 0 spiro atoms. The van der Waals surface area contributed by atoms with Gasteiger partial charge in [0.1, 0.15) is 5.75 Å². The Labute approximate surface area is 160 Å². The molecule has 1 atom stereocenters. The van der Waals surface area contributed by atoms with Crippen molar-refractivity contribution in [1.29, 1.82) is 0 Å². The summed E-state index contributed by atoms with van der Waals surface area (Å²) in [5.41, 5.74) is 0.900. The zero-order valence-electron chi connectivity index (χ0n) is 15.0. The molecule has 5 heteroatoms. The number of hydrogen-bond acceptors (Lipinski definition) is 4. The maximum atomic E-state index is 11.4. The predicted octanol–water partition coefficient (Wildman–Crippen LogP) is 4.37. The number of hydrogen-bond donors (Lipinski definition) is 3. The fraction of sp³-hybridized carbons (Fsp3) is 0.174. The SMILES string of the molecule is O=C(O)c1occc1C1(O)CCc2c(ccc3c2c(O)cc2ccccc23)C1. The normalized spacial score (nSPS) is 19.0. The van der Waals surface area contributed by atoms with Crippen LogP contribution >= 0.6 is 0 Å². The summed E-state index contributed by atoms with van der Waals surface area (Å²) in [5, 5.41) is 35.1. The van der Waals surface area contributed by atoms with Gasteiger partial charge in [0, 0.05) is 17.4 Å². The lowest BCUT2D eigenvalue weighted by atomic mass is 9.75. The van der Waals surface area contributed by atoms with Gasteiger partial charge < -0.3 is 19.7 Å². The van der Waals surface area contributed by atoms with E-state index in [1.54, 1.807) is 6.07 Å². The van der Waals surface area contributed by atoms with Crippen molar-refractivity contribution in [3.8, 4) is 5.75 Å². The summed E-state index contributed by atoms with van der Waals surface area (Å²) in [6.07, 6.45) is 2.44. The van der Waals surface area contributed by atoms with E-state index in [9.17, 15) is 20.1 Å². The number of aromatic hydroxyl groups is 1. The largest absolute Gasteiger partial charge is 0.507 e. The van der Waals surface area contributed by atoms with E-state index in [0.717, 1.165) is 32.7 Å². The Kier molecular flexibility index (Phi) is 3.51. The number of phenols is 1. The second-order valence-electron chi connectivity index (χ2n) is 7.42. The van der Waals surface area contributed by atoms with Crippen molar-refractivity contribution in [3.63, 3.8) is 0 Å². The first kappa shape index (κ1) is 16.8. The van der Waals surface area contributed by atoms with Crippen LogP contribution < -0.4 is 0 Å². The van der Waals surface area contributed by atoms with Crippen molar-refractivity contribution in [2.24, 2.45) is 0 Å². The number of furan rings is 1. The molecule has 1 unspecified atom stereocenters. The van der Waals surface area contributed by atoms with E-state index in [4.69, 9.17) is 4.42 Å². The number of benzene rings is 3. The number of carbonyl (C=O) groups is 1. The molecule has 3 N–H and O–H groups in total. The van der Waals surface area contributed by atoms with Crippen molar-refractivity contribution in [1.82, 2.24) is 0 Å². The minimum absolute atomic E-state index is 0.222. The van der Waals surface area contributed by atoms with Crippen LogP contribution in [-0.2, 0) is 18.4 Å². The number of fused-ring (bicyclic) bond motifs is 5. The molecule has 0 radical (unpaired) electrons. The first-order valence-corrected chi connectivity index (χ1v) is 9.17. The molecule has 1 aromatic heterocycles. The van der Waals surface area contributed by atoms with Crippen LogP contribution in [0.5, 0.6) is 5.75 Å². The lowest BCUT2D eigenvalue weighted by Crippen LogP contribution is -2.34. The Morgan fingerprint density at radius 2 is 1.89 bits per heavy atom. The topological polar surface area (TPSA) is 90.9 Å². The Hall–Kier alpha value is -3.31. The van der Waals surface area contributed by atoms with Crippen LogP contribution in [0.4, 0.5) is 0 Å². The molecule has 4 aromatic rings. The van der Waals surface area contributed by atoms with Gasteiger partial charge in [-0.15, -0.1) is 0 Å². The molecule has 0 fully saturated rings. The van der Waals surface area contributed by atoms with Gasteiger partial charge in [0.05, 0.1) is 11.9 Å². The minimum atomic E-state index is -1.31. The summed E-state index contributed by atoms with van der Waals surface area (Å²) >= 11 is 0. The van der Waals surface area contributed by atoms with E-state index < -0.39 is 11.6 Å². The van der Waals surface area contributed by atoms with Gasteiger partial charge in [0.25, 0.3) is 0 Å². The van der Waals surface area contributed by atoms with Crippen LogP contribution in [0.3, 0.4) is 0 Å². The quantitative estimate of drug-likeness (QED) is 0.453. The van der Waals surface area contributed by atoms with Gasteiger partial charge >= 0.3 is 5.97 Å². The van der Waals surface area contributed by atoms with Crippen LogP contribution in [0.1, 0.15) is 33.7 Å². The van der Waals surface area contributed by atoms with Gasteiger partial charge in [-0.1, -0.05) is 36.4 Å². The Balaban J connectivity index is 1.68. The van der Waals surface area contributed by atoms with Crippen molar-refractivity contribution >= 4 is 27.5 Å². The van der Waals surface area contributed by atoms with Gasteiger partial charge in [0.2, 0.25) is 5.76 Å². The highest BCUT2D eigenvalue weighted by atomic mass is 16.4. The summed E-state index contributed by atoms with van der Waals surface area (Å²) in [4.78, 5) is 11.4. The molecular formula is C23H18O5. The van der Waals surface area contributed by atoms with E-state index in [1.165, 1.54) is 12.3 Å². The van der Waals surface area contributed by atoms with E-state index in [-0.39, 0.29) is 17.9 Å². The molecule has 0 bridgehead atoms. The standard InChI is InChI=1S/C23H18O5/c24-19-11-13-3-1-2-4-15(13)17-6-5-14-12-23(27,9-7-16(14)20(17)19)18-8-10-28-21(18)22(25)26/h1-6,8,10-11,24,27H,7,9,12H2,(H,25,26). The molecule has 28 heavy (non-hydrogen) atoms. The molecule has 1 aliphatic rings. The molecule has 0 saturated carbocycles. The monoisotopic (exact) mass is 374 g/mol. The summed E-state index contributed by atoms with van der Waals surface area (Å²) < 4.78 is 5.07. The number of carboxylic acid groups (broad SMARTS) is 1. The van der Waals surface area contributed by atoms with E-state index in [1.807, 2.05) is 36.4 Å². The molecule has 5 nitrogen and oxygen atoms in total. The van der Waals surface area contributed by atoms with Gasteiger partial charge in [-0.25, -0.2) is 4.79 Å². The van der Waals surface area contributed by atoms with Gasteiger partial charge in [0.15, 0.2) is 0 Å². The van der Waals surface area contributed by atoms with Gasteiger partial charge in [-0.2, -0.15) is 0 Å². The second kappa shape index (κ2) is 5.84. The number of aryl methyl sites for hydroxylation is 1. The third-order valence-electron chi connectivity index (χ3n) is 5.84. The number of aliphatic hydroxyl groups is 1. The average molecular weight is 374 g/mol. The summed E-state index contributed by atoms with van der Waals surface area (Å²) in [6.45, 7) is 0. The van der Waals surface area contributed by atoms with E-state index in [0.29, 0.717) is 18.4 Å². The Morgan fingerprint density at radius 3 is 2.71 bits per heavy atom. The van der Waals surface area contributed by atoms with Crippen molar-refractivity contribution < 1.29 is 24.5 Å². The lowest BCUT2D eigenvalue weighted by Gasteiger charge is -2.34. The Bertz CT molecular complexity index is 1250. The molecule has 3 aromatic carbocycles. The van der Waals surface area contributed by atoms with Crippen molar-refractivity contribution in [3.05, 3.63) is 77.2 Å². The van der Waals surface area contributed by atoms with E-state index >= 15 is 0 Å². The van der Waals surface area contributed by atoms with Crippen LogP contribution in [0.25, 0.3) is 21.5 Å². The van der Waals surface area contributed by atoms with Crippen molar-refractivity contribution in [2.75, 3.05) is 0 Å². The summed E-state index contributed by atoms with van der Waals surface area (Å²) in [7, 11) is 0. The first-order chi connectivity index (χ1) is 13.5. The molecule has 0 saturated heterocycles. The number of rotatable bonds is 2. The first-order valence-electron chi connectivity index (χ1n) is 9.17. The molecule has 140 valence electrons. The highest BCUT2D eigenvalue weighted by Crippen LogP contribution is 2.44. The van der Waals surface area contributed by atoms with Crippen LogP contribution in [0, 0.1) is 0 Å². The van der Waals surface area contributed by atoms with E-state index in [2.05, 4.69) is 0 Å². The lowest BCUT2D eigenvalue weighted by molar-refractivity contribution is 0.0191. The molecule has 0 amide bonds. The molecular weight excluding hydrogens is 356 g/mol. The number of phenolic OH excluding ortho intramolecular Hbond substituents is 1. The number of carboxylic acids is 1. The zero-order chi connectivity index (χ0) is 19.5. The molecule has 1 aliphatic carbocycles. The fourth-order valence-corrected chi connectivity index (χ4v) is 4.55. The van der Waals surface area contributed by atoms with Crippen molar-refractivity contribution in [2.45, 2.75) is 24.9 Å². The number of aromatic carboxylic acids is 1. The predicted molar refractivity (Wildman–Crippen MR) is 105 cm³/mol. The average Bonchev–Trinajstić information content (AvgIpc) is 3.19. The molecule has 0 aliphatic heterocycles. The maximum Gasteiger partial charge on any atom is 0.372 e. The smallest absolute Gasteiger partial charge is 0.372 e. The van der Waals surface area contributed by atoms with Gasteiger partial charge in [-0.3, -0.25) is 0 Å². The maximum absolute atomic E-state index is 11.4. The Morgan fingerprint density at radius 1 is 1.07 bits per heavy atom. The van der Waals surface area contributed by atoms with Crippen LogP contribution in [0.2, 0.25) is 0 Å². The summed E-state index contributed by atoms with van der Waals surface area (Å²) in [5.74, 6) is -1.19. The third kappa shape index (κ3) is 2.33. The second-order valence-corrected chi connectivity index (χ2v) is 7.42. The van der Waals surface area contributed by atoms with Gasteiger partial charge in [-0.05, 0) is 52.3 Å². The third-order valence-corrected chi connectivity index (χ3v) is 5.84. The highest BCUT2D eigenvalue weighted by Gasteiger charge is 2.39. The highest BCUT2D eigenvalue weighted by molar-refractivity contribution is 6.11. The summed E-state index contributed by atoms with van der Waals surface area (Å²) in [6, 6.07) is 15.2. The van der Waals surface area contributed by atoms with Crippen LogP contribution in [0.15, 0.2) is 59.2 Å². The minimum Gasteiger partial charge on any atom is -0.507 e. The molecule has 5 rings (SSSR count).